The van der Waals surface area contributed by atoms with Crippen LogP contribution in [0.5, 0.6) is 5.75 Å². The number of aromatic hydroxyl groups is 1. The van der Waals surface area contributed by atoms with Crippen LogP contribution in [0.3, 0.4) is 0 Å². The summed E-state index contributed by atoms with van der Waals surface area (Å²) in [6, 6.07) is 11.7. The number of nitrogens with zero attached hydrogens (tertiary/aromatic N) is 1. The summed E-state index contributed by atoms with van der Waals surface area (Å²) in [7, 11) is 0. The molecule has 0 spiro atoms. The number of aromatic nitrogens is 1. The monoisotopic (exact) mass is 308 g/mol. The van der Waals surface area contributed by atoms with Gasteiger partial charge in [-0.3, -0.25) is 4.79 Å². The van der Waals surface area contributed by atoms with Crippen LogP contribution in [0.25, 0.3) is 11.0 Å². The molecule has 0 saturated heterocycles. The quantitative estimate of drug-likeness (QED) is 0.437. The fourth-order valence-electron chi connectivity index (χ4n) is 2.09. The first-order valence-electron chi connectivity index (χ1n) is 6.80. The molecule has 0 saturated carbocycles. The normalized spacial score (nSPS) is 11.0. The van der Waals surface area contributed by atoms with Gasteiger partial charge in [0.05, 0.1) is 5.39 Å². The van der Waals surface area contributed by atoms with Gasteiger partial charge in [-0.25, -0.2) is 9.78 Å². The number of fused-ring (bicyclic) bond motifs is 1. The summed E-state index contributed by atoms with van der Waals surface area (Å²) in [5, 5.41) is 13.3. The topological polar surface area (TPSA) is 92.4 Å². The molecule has 23 heavy (non-hydrogen) atoms. The average Bonchev–Trinajstić information content (AvgIpc) is 2.56. The molecule has 2 heterocycles. The molecule has 0 aliphatic carbocycles. The van der Waals surface area contributed by atoms with E-state index in [2.05, 4.69) is 10.3 Å². The van der Waals surface area contributed by atoms with Gasteiger partial charge in [-0.2, -0.15) is 0 Å². The molecule has 0 bridgehead atoms. The van der Waals surface area contributed by atoms with E-state index in [1.54, 1.807) is 48.7 Å². The zero-order valence-electron chi connectivity index (χ0n) is 11.9. The number of ketones is 1. The smallest absolute Gasteiger partial charge is 0.351 e. The van der Waals surface area contributed by atoms with Crippen molar-refractivity contribution in [3.05, 3.63) is 76.9 Å². The maximum atomic E-state index is 12.2. The third-order valence-corrected chi connectivity index (χ3v) is 3.16. The maximum absolute atomic E-state index is 12.2. The van der Waals surface area contributed by atoms with E-state index in [0.29, 0.717) is 11.2 Å². The van der Waals surface area contributed by atoms with Crippen LogP contribution >= 0.6 is 0 Å². The van der Waals surface area contributed by atoms with Gasteiger partial charge in [0.25, 0.3) is 0 Å². The van der Waals surface area contributed by atoms with E-state index in [1.165, 1.54) is 6.20 Å². The van der Waals surface area contributed by atoms with Gasteiger partial charge in [0, 0.05) is 18.5 Å². The standard InChI is InChI=1S/C17H12N2O4/c20-12(8-10-19-14-7-3-4-9-18-14)15-16(21)11-5-1-2-6-13(11)23-17(15)22/h1-10,21H,(H,18,19)/b10-8+. The Morgan fingerprint density at radius 1 is 1.17 bits per heavy atom. The highest BCUT2D eigenvalue weighted by Crippen LogP contribution is 2.26. The van der Waals surface area contributed by atoms with E-state index < -0.39 is 17.0 Å². The van der Waals surface area contributed by atoms with Gasteiger partial charge >= 0.3 is 5.63 Å². The molecule has 0 aliphatic heterocycles. The molecule has 1 aromatic carbocycles. The minimum absolute atomic E-state index is 0.224. The lowest BCUT2D eigenvalue weighted by Crippen LogP contribution is -2.13. The Hall–Kier alpha value is -3.41. The lowest BCUT2D eigenvalue weighted by Gasteiger charge is -2.03. The van der Waals surface area contributed by atoms with Crippen molar-refractivity contribution in [3.63, 3.8) is 0 Å². The summed E-state index contributed by atoms with van der Waals surface area (Å²) in [6.07, 6.45) is 4.08. The second-order valence-electron chi connectivity index (χ2n) is 4.67. The molecule has 6 heteroatoms. The number of rotatable bonds is 4. The minimum atomic E-state index is -0.881. The molecular weight excluding hydrogens is 296 g/mol. The van der Waals surface area contributed by atoms with Crippen molar-refractivity contribution in [2.75, 3.05) is 5.32 Å². The lowest BCUT2D eigenvalue weighted by molar-refractivity contribution is 0.104. The Morgan fingerprint density at radius 2 is 1.96 bits per heavy atom. The van der Waals surface area contributed by atoms with Gasteiger partial charge in [0.1, 0.15) is 22.7 Å². The maximum Gasteiger partial charge on any atom is 0.351 e. The SMILES string of the molecule is O=C(/C=C/Nc1ccccn1)c1c(O)c2ccccc2oc1=O. The number of pyridine rings is 1. The predicted molar refractivity (Wildman–Crippen MR) is 85.5 cm³/mol. The highest BCUT2D eigenvalue weighted by molar-refractivity contribution is 6.09. The molecule has 0 unspecified atom stereocenters. The Labute approximate surface area is 130 Å². The fourth-order valence-corrected chi connectivity index (χ4v) is 2.09. The van der Waals surface area contributed by atoms with Crippen LogP contribution in [0.1, 0.15) is 10.4 Å². The average molecular weight is 308 g/mol. The van der Waals surface area contributed by atoms with Crippen LogP contribution in [0.2, 0.25) is 0 Å². The molecule has 3 aromatic rings. The third-order valence-electron chi connectivity index (χ3n) is 3.16. The van der Waals surface area contributed by atoms with E-state index >= 15 is 0 Å². The number of anilines is 1. The molecule has 2 aromatic heterocycles. The van der Waals surface area contributed by atoms with E-state index in [0.717, 1.165) is 6.08 Å². The second kappa shape index (κ2) is 6.15. The zero-order chi connectivity index (χ0) is 16.2. The summed E-state index contributed by atoms with van der Waals surface area (Å²) < 4.78 is 5.06. The van der Waals surface area contributed by atoms with Crippen molar-refractivity contribution in [3.8, 4) is 5.75 Å². The van der Waals surface area contributed by atoms with Crippen molar-refractivity contribution in [1.29, 1.82) is 0 Å². The number of para-hydroxylation sites is 1. The number of allylic oxidation sites excluding steroid dienone is 1. The largest absolute Gasteiger partial charge is 0.506 e. The highest BCUT2D eigenvalue weighted by Gasteiger charge is 2.18. The van der Waals surface area contributed by atoms with E-state index in [9.17, 15) is 14.7 Å². The summed E-state index contributed by atoms with van der Waals surface area (Å²) in [5.41, 5.74) is -1.06. The van der Waals surface area contributed by atoms with Crippen LogP contribution in [0.4, 0.5) is 5.82 Å². The summed E-state index contributed by atoms with van der Waals surface area (Å²) in [5.74, 6) is -0.499. The number of hydrogen-bond acceptors (Lipinski definition) is 6. The van der Waals surface area contributed by atoms with Crippen molar-refractivity contribution in [1.82, 2.24) is 4.98 Å². The molecule has 0 aliphatic rings. The van der Waals surface area contributed by atoms with Crippen LogP contribution < -0.4 is 10.9 Å². The Balaban J connectivity index is 1.90. The predicted octanol–water partition coefficient (Wildman–Crippen LogP) is 2.70. The zero-order valence-corrected chi connectivity index (χ0v) is 11.9. The highest BCUT2D eigenvalue weighted by atomic mass is 16.4. The number of carbonyl (C=O) groups is 1. The number of carbonyl (C=O) groups excluding carboxylic acids is 1. The molecule has 0 radical (unpaired) electrons. The molecule has 6 nitrogen and oxygen atoms in total. The summed E-state index contributed by atoms with van der Waals surface area (Å²) in [4.78, 5) is 28.1. The van der Waals surface area contributed by atoms with Gasteiger partial charge in [0.2, 0.25) is 0 Å². The van der Waals surface area contributed by atoms with Crippen molar-refractivity contribution in [2.45, 2.75) is 0 Å². The van der Waals surface area contributed by atoms with Gasteiger partial charge < -0.3 is 14.8 Å². The third kappa shape index (κ3) is 2.96. The molecular formula is C17H12N2O4. The van der Waals surface area contributed by atoms with Crippen LogP contribution in [0.15, 0.2) is 70.1 Å². The molecule has 0 fully saturated rings. The minimum Gasteiger partial charge on any atom is -0.506 e. The first-order valence-corrected chi connectivity index (χ1v) is 6.80. The van der Waals surface area contributed by atoms with Crippen molar-refractivity contribution < 1.29 is 14.3 Å². The summed E-state index contributed by atoms with van der Waals surface area (Å²) >= 11 is 0. The molecule has 0 amide bonds. The number of nitrogens with one attached hydrogen (secondary N) is 1. The van der Waals surface area contributed by atoms with E-state index in [1.807, 2.05) is 0 Å². The van der Waals surface area contributed by atoms with Crippen LogP contribution in [-0.2, 0) is 0 Å². The van der Waals surface area contributed by atoms with Gasteiger partial charge in [-0.05, 0) is 24.3 Å². The van der Waals surface area contributed by atoms with Gasteiger partial charge in [-0.15, -0.1) is 0 Å². The molecule has 0 atom stereocenters. The number of hydrogen-bond donors (Lipinski definition) is 2. The lowest BCUT2D eigenvalue weighted by atomic mass is 10.1. The van der Waals surface area contributed by atoms with Crippen molar-refractivity contribution >= 4 is 22.6 Å². The van der Waals surface area contributed by atoms with Crippen LogP contribution in [-0.4, -0.2) is 15.9 Å². The first kappa shape index (κ1) is 14.5. The van der Waals surface area contributed by atoms with Gasteiger partial charge in [-0.1, -0.05) is 18.2 Å². The Bertz CT molecular complexity index is 946. The Morgan fingerprint density at radius 3 is 2.74 bits per heavy atom. The van der Waals surface area contributed by atoms with Gasteiger partial charge in [0.15, 0.2) is 5.78 Å². The second-order valence-corrected chi connectivity index (χ2v) is 4.67. The van der Waals surface area contributed by atoms with Crippen LogP contribution in [0, 0.1) is 0 Å². The van der Waals surface area contributed by atoms with E-state index in [-0.39, 0.29) is 11.3 Å². The molecule has 2 N–H and O–H groups in total. The Kier molecular flexibility index (Phi) is 3.88. The number of benzene rings is 1. The fraction of sp³-hybridized carbons (Fsp3) is 0. The van der Waals surface area contributed by atoms with Crippen molar-refractivity contribution in [2.24, 2.45) is 0 Å². The first-order chi connectivity index (χ1) is 11.2. The molecule has 3 rings (SSSR count). The molecule has 114 valence electrons. The van der Waals surface area contributed by atoms with E-state index in [4.69, 9.17) is 4.42 Å². The summed E-state index contributed by atoms with van der Waals surface area (Å²) in [6.45, 7) is 0.